The standard InChI is InChI=1S/C24H31Cl2N3O3S/c25-23-9-8-22(19-24(23)26)33(30,31)29-15-13-28(14-16-29)20-6-4-7-21(18-20)32-17-5-12-27-10-2-1-3-11-27/h4,6-9,18-19H,1-3,5,10-17H2. The molecule has 0 saturated carbocycles. The fraction of sp³-hybridized carbons (Fsp3) is 0.500. The second-order valence-electron chi connectivity index (χ2n) is 8.57. The molecule has 0 aromatic heterocycles. The molecule has 0 N–H and O–H groups in total. The first kappa shape index (κ1) is 24.6. The van der Waals surface area contributed by atoms with E-state index in [1.807, 2.05) is 24.3 Å². The highest BCUT2D eigenvalue weighted by Gasteiger charge is 2.29. The van der Waals surface area contributed by atoms with Crippen LogP contribution >= 0.6 is 23.2 Å². The summed E-state index contributed by atoms with van der Waals surface area (Å²) in [5.74, 6) is 0.858. The normalized spacial score (nSPS) is 18.4. The summed E-state index contributed by atoms with van der Waals surface area (Å²) in [6, 6.07) is 12.5. The Morgan fingerprint density at radius 1 is 0.848 bits per heavy atom. The maximum atomic E-state index is 13.0. The average molecular weight is 513 g/mol. The molecule has 0 amide bonds. The highest BCUT2D eigenvalue weighted by atomic mass is 35.5. The van der Waals surface area contributed by atoms with Crippen LogP contribution in [0.25, 0.3) is 0 Å². The number of halogens is 2. The van der Waals surface area contributed by atoms with Gasteiger partial charge in [-0.2, -0.15) is 4.31 Å². The molecule has 0 radical (unpaired) electrons. The molecular weight excluding hydrogens is 481 g/mol. The fourth-order valence-corrected chi connectivity index (χ4v) is 6.22. The van der Waals surface area contributed by atoms with E-state index in [-0.39, 0.29) is 9.92 Å². The van der Waals surface area contributed by atoms with Crippen molar-refractivity contribution in [1.29, 1.82) is 0 Å². The molecule has 9 heteroatoms. The van der Waals surface area contributed by atoms with E-state index in [9.17, 15) is 8.42 Å². The highest BCUT2D eigenvalue weighted by molar-refractivity contribution is 7.89. The van der Waals surface area contributed by atoms with E-state index in [0.717, 1.165) is 24.4 Å². The zero-order valence-electron chi connectivity index (χ0n) is 18.8. The topological polar surface area (TPSA) is 53.1 Å². The van der Waals surface area contributed by atoms with Gasteiger partial charge in [-0.3, -0.25) is 0 Å². The van der Waals surface area contributed by atoms with E-state index in [2.05, 4.69) is 9.80 Å². The summed E-state index contributed by atoms with van der Waals surface area (Å²) in [4.78, 5) is 4.89. The minimum Gasteiger partial charge on any atom is -0.493 e. The Bertz CT molecular complexity index is 1040. The lowest BCUT2D eigenvalue weighted by atomic mass is 10.1. The van der Waals surface area contributed by atoms with Gasteiger partial charge in [0.15, 0.2) is 0 Å². The molecule has 2 aliphatic rings. The number of piperazine rings is 1. The summed E-state index contributed by atoms with van der Waals surface area (Å²) in [5, 5.41) is 0.582. The third kappa shape index (κ3) is 6.34. The van der Waals surface area contributed by atoms with Crippen LogP contribution in [0.15, 0.2) is 47.4 Å². The molecule has 2 fully saturated rings. The third-order valence-electron chi connectivity index (χ3n) is 6.29. The molecule has 0 spiro atoms. The molecule has 2 heterocycles. The Hall–Kier alpha value is -1.51. The summed E-state index contributed by atoms with van der Waals surface area (Å²) >= 11 is 12.0. The first-order valence-electron chi connectivity index (χ1n) is 11.6. The molecule has 2 aromatic carbocycles. The minimum absolute atomic E-state index is 0.172. The number of sulfonamides is 1. The van der Waals surface area contributed by atoms with E-state index >= 15 is 0 Å². The van der Waals surface area contributed by atoms with Crippen molar-refractivity contribution >= 4 is 38.9 Å². The Morgan fingerprint density at radius 2 is 1.61 bits per heavy atom. The van der Waals surface area contributed by atoms with Crippen LogP contribution in [0.1, 0.15) is 25.7 Å². The minimum atomic E-state index is -3.60. The van der Waals surface area contributed by atoms with Crippen molar-refractivity contribution in [2.75, 3.05) is 57.3 Å². The zero-order chi connectivity index (χ0) is 23.3. The summed E-state index contributed by atoms with van der Waals surface area (Å²) in [6.45, 7) is 6.25. The van der Waals surface area contributed by atoms with E-state index in [1.165, 1.54) is 54.9 Å². The number of likely N-dealkylation sites (tertiary alicyclic amines) is 1. The van der Waals surface area contributed by atoms with Crippen LogP contribution in [-0.2, 0) is 10.0 Å². The largest absolute Gasteiger partial charge is 0.493 e. The predicted molar refractivity (Wildman–Crippen MR) is 134 cm³/mol. The highest BCUT2D eigenvalue weighted by Crippen LogP contribution is 2.28. The van der Waals surface area contributed by atoms with Gasteiger partial charge in [-0.15, -0.1) is 0 Å². The lowest BCUT2D eigenvalue weighted by Gasteiger charge is -2.35. The van der Waals surface area contributed by atoms with Gasteiger partial charge in [-0.25, -0.2) is 8.42 Å². The Kier molecular flexibility index (Phi) is 8.41. The molecule has 180 valence electrons. The molecule has 4 rings (SSSR count). The molecule has 2 aliphatic heterocycles. The van der Waals surface area contributed by atoms with Crippen LogP contribution in [0, 0.1) is 0 Å². The Balaban J connectivity index is 1.29. The van der Waals surface area contributed by atoms with Crippen LogP contribution in [0.2, 0.25) is 10.0 Å². The van der Waals surface area contributed by atoms with Crippen molar-refractivity contribution < 1.29 is 13.2 Å². The van der Waals surface area contributed by atoms with Gasteiger partial charge >= 0.3 is 0 Å². The van der Waals surface area contributed by atoms with E-state index < -0.39 is 10.0 Å². The smallest absolute Gasteiger partial charge is 0.243 e. The lowest BCUT2D eigenvalue weighted by Crippen LogP contribution is -2.48. The first-order valence-corrected chi connectivity index (χ1v) is 13.8. The number of ether oxygens (including phenoxy) is 1. The van der Waals surface area contributed by atoms with Gasteiger partial charge in [0.2, 0.25) is 10.0 Å². The molecule has 33 heavy (non-hydrogen) atoms. The van der Waals surface area contributed by atoms with Gasteiger partial charge in [0.25, 0.3) is 0 Å². The molecule has 2 saturated heterocycles. The van der Waals surface area contributed by atoms with Gasteiger partial charge < -0.3 is 14.5 Å². The quantitative estimate of drug-likeness (QED) is 0.478. The van der Waals surface area contributed by atoms with Crippen molar-refractivity contribution in [3.05, 3.63) is 52.5 Å². The third-order valence-corrected chi connectivity index (χ3v) is 8.92. The molecule has 6 nitrogen and oxygen atoms in total. The molecule has 0 bridgehead atoms. The maximum absolute atomic E-state index is 13.0. The van der Waals surface area contributed by atoms with Crippen molar-refractivity contribution in [2.45, 2.75) is 30.6 Å². The van der Waals surface area contributed by atoms with Crippen molar-refractivity contribution in [1.82, 2.24) is 9.21 Å². The van der Waals surface area contributed by atoms with Crippen LogP contribution < -0.4 is 9.64 Å². The summed E-state index contributed by atoms with van der Waals surface area (Å²) in [7, 11) is -3.60. The average Bonchev–Trinajstić information content (AvgIpc) is 2.84. The van der Waals surface area contributed by atoms with Gasteiger partial charge in [0.1, 0.15) is 5.75 Å². The number of nitrogens with zero attached hydrogens (tertiary/aromatic N) is 3. The van der Waals surface area contributed by atoms with Gasteiger partial charge in [0.05, 0.1) is 21.5 Å². The number of rotatable bonds is 8. The van der Waals surface area contributed by atoms with E-state index in [1.54, 1.807) is 0 Å². The number of anilines is 1. The second-order valence-corrected chi connectivity index (χ2v) is 11.3. The fourth-order valence-electron chi connectivity index (χ4n) is 4.40. The molecule has 2 aromatic rings. The predicted octanol–water partition coefficient (Wildman–Crippen LogP) is 4.76. The summed E-state index contributed by atoms with van der Waals surface area (Å²) in [6.07, 6.45) is 5.00. The van der Waals surface area contributed by atoms with Crippen molar-refractivity contribution in [3.63, 3.8) is 0 Å². The number of hydrogen-bond acceptors (Lipinski definition) is 5. The van der Waals surface area contributed by atoms with Gasteiger partial charge in [0, 0.05) is 44.5 Å². The number of piperidine rings is 1. The molecular formula is C24H31Cl2N3O3S. The first-order chi connectivity index (χ1) is 15.9. The van der Waals surface area contributed by atoms with Gasteiger partial charge in [-0.1, -0.05) is 35.7 Å². The molecule has 0 unspecified atom stereocenters. The van der Waals surface area contributed by atoms with E-state index in [4.69, 9.17) is 27.9 Å². The van der Waals surface area contributed by atoms with E-state index in [0.29, 0.717) is 37.8 Å². The van der Waals surface area contributed by atoms with Crippen molar-refractivity contribution in [2.24, 2.45) is 0 Å². The summed E-state index contributed by atoms with van der Waals surface area (Å²) in [5.41, 5.74) is 1.05. The lowest BCUT2D eigenvalue weighted by molar-refractivity contribution is 0.205. The molecule has 0 atom stereocenters. The summed E-state index contributed by atoms with van der Waals surface area (Å²) < 4.78 is 33.5. The monoisotopic (exact) mass is 511 g/mol. The van der Waals surface area contributed by atoms with Crippen molar-refractivity contribution in [3.8, 4) is 5.75 Å². The SMILES string of the molecule is O=S(=O)(c1ccc(Cl)c(Cl)c1)N1CCN(c2cccc(OCCCN3CCCCC3)c2)CC1. The van der Waals surface area contributed by atoms with Gasteiger partial charge in [-0.05, 0) is 62.7 Å². The maximum Gasteiger partial charge on any atom is 0.243 e. The number of benzene rings is 2. The van der Waals surface area contributed by atoms with Crippen LogP contribution in [0.3, 0.4) is 0 Å². The van der Waals surface area contributed by atoms with Crippen LogP contribution in [0.4, 0.5) is 5.69 Å². The Morgan fingerprint density at radius 3 is 2.33 bits per heavy atom. The Labute approximate surface area is 207 Å². The van der Waals surface area contributed by atoms with Crippen LogP contribution in [0.5, 0.6) is 5.75 Å². The number of hydrogen-bond donors (Lipinski definition) is 0. The zero-order valence-corrected chi connectivity index (χ0v) is 21.1. The second kappa shape index (κ2) is 11.3. The molecule has 0 aliphatic carbocycles. The van der Waals surface area contributed by atoms with Crippen LogP contribution in [-0.4, -0.2) is 70.0 Å².